The van der Waals surface area contributed by atoms with Crippen LogP contribution in [0.3, 0.4) is 0 Å². The molecule has 2 aromatic heterocycles. The molecular formula is C18H25N5O2. The van der Waals surface area contributed by atoms with Crippen molar-refractivity contribution in [2.75, 3.05) is 26.2 Å². The van der Waals surface area contributed by atoms with E-state index in [0.29, 0.717) is 5.69 Å². The molecule has 1 spiro atoms. The van der Waals surface area contributed by atoms with Crippen LogP contribution in [0.5, 0.6) is 0 Å². The van der Waals surface area contributed by atoms with Gasteiger partial charge in [0.25, 0.3) is 5.91 Å². The normalized spacial score (nSPS) is 20.0. The number of carbonyl (C=O) groups is 1. The van der Waals surface area contributed by atoms with Crippen LogP contribution >= 0.6 is 0 Å². The molecule has 1 fully saturated rings. The lowest BCUT2D eigenvalue weighted by Crippen LogP contribution is -2.57. The number of rotatable bonds is 4. The standard InChI is InChI=1S/C18H25N5O2/c1-2-3-8-23-9-4-14-16(20-13-19-14)18(23)6-10-22(11-7-18)17(24)15-5-12-25-21-15/h5,12-13H,2-4,6-11H2,1H3,(H,19,20). The fourth-order valence-electron chi connectivity index (χ4n) is 4.32. The number of fused-ring (bicyclic) bond motifs is 2. The molecule has 134 valence electrons. The van der Waals surface area contributed by atoms with Gasteiger partial charge in [0.2, 0.25) is 0 Å². The summed E-state index contributed by atoms with van der Waals surface area (Å²) in [5.41, 5.74) is 2.82. The number of aromatic amines is 1. The molecule has 0 radical (unpaired) electrons. The second-order valence-corrected chi connectivity index (χ2v) is 7.03. The summed E-state index contributed by atoms with van der Waals surface area (Å²) in [6, 6.07) is 1.63. The number of piperidine rings is 1. The van der Waals surface area contributed by atoms with E-state index >= 15 is 0 Å². The molecule has 2 aromatic rings. The van der Waals surface area contributed by atoms with Crippen molar-refractivity contribution in [2.45, 2.75) is 44.6 Å². The Balaban J connectivity index is 1.55. The van der Waals surface area contributed by atoms with Crippen molar-refractivity contribution in [3.8, 4) is 0 Å². The van der Waals surface area contributed by atoms with Gasteiger partial charge in [-0.15, -0.1) is 0 Å². The first kappa shape index (κ1) is 16.3. The van der Waals surface area contributed by atoms with Gasteiger partial charge in [0.15, 0.2) is 5.69 Å². The number of nitrogens with zero attached hydrogens (tertiary/aromatic N) is 4. The van der Waals surface area contributed by atoms with Crippen LogP contribution in [0.1, 0.15) is 54.5 Å². The smallest absolute Gasteiger partial charge is 0.276 e. The zero-order valence-corrected chi connectivity index (χ0v) is 14.7. The van der Waals surface area contributed by atoms with Crippen molar-refractivity contribution < 1.29 is 9.32 Å². The van der Waals surface area contributed by atoms with Crippen LogP contribution in [0, 0.1) is 0 Å². The van der Waals surface area contributed by atoms with Gasteiger partial charge in [0.05, 0.1) is 17.6 Å². The van der Waals surface area contributed by atoms with Crippen LogP contribution in [0.25, 0.3) is 0 Å². The highest BCUT2D eigenvalue weighted by atomic mass is 16.5. The monoisotopic (exact) mass is 343 g/mol. The molecule has 1 saturated heterocycles. The molecule has 1 amide bonds. The zero-order valence-electron chi connectivity index (χ0n) is 14.7. The number of hydrogen-bond donors (Lipinski definition) is 1. The molecule has 2 aliphatic rings. The number of imidazole rings is 1. The lowest BCUT2D eigenvalue weighted by molar-refractivity contribution is 0.00602. The Morgan fingerprint density at radius 3 is 2.92 bits per heavy atom. The van der Waals surface area contributed by atoms with Crippen LogP contribution in [-0.4, -0.2) is 57.0 Å². The molecule has 0 bridgehead atoms. The minimum atomic E-state index is -0.0400. The molecule has 2 aliphatic heterocycles. The van der Waals surface area contributed by atoms with Crippen LogP contribution in [-0.2, 0) is 12.0 Å². The molecule has 0 atom stereocenters. The van der Waals surface area contributed by atoms with E-state index in [2.05, 4.69) is 26.9 Å². The van der Waals surface area contributed by atoms with E-state index in [1.165, 1.54) is 30.5 Å². The zero-order chi connectivity index (χ0) is 17.3. The highest BCUT2D eigenvalue weighted by Crippen LogP contribution is 2.42. The van der Waals surface area contributed by atoms with Gasteiger partial charge < -0.3 is 14.4 Å². The maximum absolute atomic E-state index is 12.5. The fourth-order valence-corrected chi connectivity index (χ4v) is 4.32. The molecule has 7 nitrogen and oxygen atoms in total. The first-order valence-corrected chi connectivity index (χ1v) is 9.22. The van der Waals surface area contributed by atoms with Crippen molar-refractivity contribution in [1.29, 1.82) is 0 Å². The number of aromatic nitrogens is 3. The summed E-state index contributed by atoms with van der Waals surface area (Å²) in [4.78, 5) is 25.1. The Bertz CT molecular complexity index is 716. The molecule has 4 heterocycles. The van der Waals surface area contributed by atoms with Crippen LogP contribution in [0.2, 0.25) is 0 Å². The van der Waals surface area contributed by atoms with Gasteiger partial charge in [-0.05, 0) is 25.8 Å². The number of H-pyrrole nitrogens is 1. The van der Waals surface area contributed by atoms with Gasteiger partial charge in [-0.3, -0.25) is 9.69 Å². The summed E-state index contributed by atoms with van der Waals surface area (Å²) in [6.45, 7) is 5.84. The van der Waals surface area contributed by atoms with E-state index in [9.17, 15) is 4.79 Å². The molecule has 0 saturated carbocycles. The van der Waals surface area contributed by atoms with Crippen molar-refractivity contribution in [2.24, 2.45) is 0 Å². The third-order valence-corrected chi connectivity index (χ3v) is 5.71. The van der Waals surface area contributed by atoms with Crippen molar-refractivity contribution in [3.63, 3.8) is 0 Å². The summed E-state index contributed by atoms with van der Waals surface area (Å²) in [5.74, 6) is -0.0400. The SMILES string of the molecule is CCCCN1CCc2[nH]cnc2C12CCN(C(=O)c1ccon1)CC2. The molecule has 7 heteroatoms. The van der Waals surface area contributed by atoms with Crippen LogP contribution < -0.4 is 0 Å². The number of amides is 1. The van der Waals surface area contributed by atoms with Gasteiger partial charge in [-0.2, -0.15) is 0 Å². The minimum absolute atomic E-state index is 0.0383. The minimum Gasteiger partial charge on any atom is -0.364 e. The van der Waals surface area contributed by atoms with E-state index in [1.807, 2.05) is 11.2 Å². The third kappa shape index (κ3) is 2.76. The quantitative estimate of drug-likeness (QED) is 0.921. The van der Waals surface area contributed by atoms with Crippen molar-refractivity contribution in [1.82, 2.24) is 24.9 Å². The lowest BCUT2D eigenvalue weighted by atomic mass is 9.78. The Morgan fingerprint density at radius 2 is 2.20 bits per heavy atom. The number of carbonyl (C=O) groups excluding carboxylic acids is 1. The van der Waals surface area contributed by atoms with Crippen molar-refractivity contribution >= 4 is 5.91 Å². The Morgan fingerprint density at radius 1 is 1.36 bits per heavy atom. The van der Waals surface area contributed by atoms with Gasteiger partial charge in [-0.25, -0.2) is 4.98 Å². The summed E-state index contributed by atoms with van der Waals surface area (Å²) in [6.07, 6.45) is 8.52. The van der Waals surface area contributed by atoms with E-state index in [4.69, 9.17) is 4.52 Å². The second-order valence-electron chi connectivity index (χ2n) is 7.03. The molecule has 25 heavy (non-hydrogen) atoms. The summed E-state index contributed by atoms with van der Waals surface area (Å²) in [5, 5.41) is 3.78. The lowest BCUT2D eigenvalue weighted by Gasteiger charge is -2.50. The number of unbranched alkanes of at least 4 members (excludes halogenated alkanes) is 1. The first-order valence-electron chi connectivity index (χ1n) is 9.22. The Labute approximate surface area is 147 Å². The van der Waals surface area contributed by atoms with Gasteiger partial charge in [0, 0.05) is 37.8 Å². The van der Waals surface area contributed by atoms with Crippen molar-refractivity contribution in [3.05, 3.63) is 35.7 Å². The van der Waals surface area contributed by atoms with Gasteiger partial charge in [-0.1, -0.05) is 18.5 Å². The van der Waals surface area contributed by atoms with Gasteiger partial charge >= 0.3 is 0 Å². The predicted molar refractivity (Wildman–Crippen MR) is 92.1 cm³/mol. The maximum atomic E-state index is 12.5. The Hall–Kier alpha value is -2.15. The molecule has 0 unspecified atom stereocenters. The maximum Gasteiger partial charge on any atom is 0.276 e. The number of hydrogen-bond acceptors (Lipinski definition) is 5. The third-order valence-electron chi connectivity index (χ3n) is 5.71. The van der Waals surface area contributed by atoms with Crippen LogP contribution in [0.15, 0.2) is 23.2 Å². The highest BCUT2D eigenvalue weighted by molar-refractivity contribution is 5.92. The van der Waals surface area contributed by atoms with E-state index in [0.717, 1.165) is 45.4 Å². The molecule has 0 aliphatic carbocycles. The second kappa shape index (κ2) is 6.63. The number of nitrogens with one attached hydrogen (secondary N) is 1. The predicted octanol–water partition coefficient (Wildman–Crippen LogP) is 2.19. The van der Waals surface area contributed by atoms with E-state index in [-0.39, 0.29) is 11.4 Å². The average molecular weight is 343 g/mol. The molecule has 1 N–H and O–H groups in total. The van der Waals surface area contributed by atoms with E-state index in [1.54, 1.807) is 6.07 Å². The Kier molecular flexibility index (Phi) is 4.33. The highest BCUT2D eigenvalue weighted by Gasteiger charge is 2.47. The van der Waals surface area contributed by atoms with E-state index < -0.39 is 0 Å². The summed E-state index contributed by atoms with van der Waals surface area (Å²) < 4.78 is 4.81. The molecule has 0 aromatic carbocycles. The molecule has 4 rings (SSSR count). The first-order chi connectivity index (χ1) is 12.2. The summed E-state index contributed by atoms with van der Waals surface area (Å²) >= 11 is 0. The number of likely N-dealkylation sites (tertiary alicyclic amines) is 1. The average Bonchev–Trinajstić information content (AvgIpc) is 3.33. The largest absolute Gasteiger partial charge is 0.364 e. The van der Waals surface area contributed by atoms with Crippen LogP contribution in [0.4, 0.5) is 0 Å². The topological polar surface area (TPSA) is 78.3 Å². The fraction of sp³-hybridized carbons (Fsp3) is 0.611. The summed E-state index contributed by atoms with van der Waals surface area (Å²) in [7, 11) is 0. The molecular weight excluding hydrogens is 318 g/mol. The van der Waals surface area contributed by atoms with Gasteiger partial charge in [0.1, 0.15) is 6.26 Å².